The number of methoxy groups -OCH3 is 2. The van der Waals surface area contributed by atoms with Crippen molar-refractivity contribution in [3.63, 3.8) is 0 Å². The lowest BCUT2D eigenvalue weighted by Crippen LogP contribution is -2.48. The van der Waals surface area contributed by atoms with Gasteiger partial charge in [0.15, 0.2) is 5.75 Å². The summed E-state index contributed by atoms with van der Waals surface area (Å²) < 4.78 is 9.93. The first-order chi connectivity index (χ1) is 15.2. The molecule has 0 atom stereocenters. The first kappa shape index (κ1) is 23.7. The van der Waals surface area contributed by atoms with Crippen LogP contribution in [-0.4, -0.2) is 63.1 Å². The van der Waals surface area contributed by atoms with E-state index in [0.29, 0.717) is 37.4 Å². The van der Waals surface area contributed by atoms with Crippen LogP contribution in [0.2, 0.25) is 10.0 Å². The molecule has 1 aliphatic rings. The fourth-order valence-electron chi connectivity index (χ4n) is 3.50. The SMILES string of the molecule is COC(=O)c1ccc(N2CCN(C(C)=O)CC2)c(NC(=O)c2cc(Cl)c(OC)c(Cl)c2)c1. The number of hydrogen-bond acceptors (Lipinski definition) is 6. The highest BCUT2D eigenvalue weighted by Gasteiger charge is 2.23. The summed E-state index contributed by atoms with van der Waals surface area (Å²) >= 11 is 12.3. The van der Waals surface area contributed by atoms with Crippen molar-refractivity contribution in [1.82, 2.24) is 4.90 Å². The van der Waals surface area contributed by atoms with E-state index in [1.165, 1.54) is 33.3 Å². The smallest absolute Gasteiger partial charge is 0.337 e. The third kappa shape index (κ3) is 5.08. The highest BCUT2D eigenvalue weighted by atomic mass is 35.5. The third-order valence-electron chi connectivity index (χ3n) is 5.20. The summed E-state index contributed by atoms with van der Waals surface area (Å²) in [7, 11) is 2.72. The van der Waals surface area contributed by atoms with E-state index in [0.717, 1.165) is 5.69 Å². The van der Waals surface area contributed by atoms with Gasteiger partial charge in [-0.3, -0.25) is 9.59 Å². The number of esters is 1. The summed E-state index contributed by atoms with van der Waals surface area (Å²) in [5.41, 5.74) is 1.67. The minimum absolute atomic E-state index is 0.0208. The topological polar surface area (TPSA) is 88.2 Å². The number of ether oxygens (including phenoxy) is 2. The summed E-state index contributed by atoms with van der Waals surface area (Å²) in [6.45, 7) is 3.83. The molecule has 32 heavy (non-hydrogen) atoms. The third-order valence-corrected chi connectivity index (χ3v) is 5.76. The zero-order valence-corrected chi connectivity index (χ0v) is 19.4. The molecule has 2 aromatic rings. The van der Waals surface area contributed by atoms with Crippen molar-refractivity contribution < 1.29 is 23.9 Å². The predicted octanol–water partition coefficient (Wildman–Crippen LogP) is 3.71. The molecule has 1 saturated heterocycles. The van der Waals surface area contributed by atoms with Gasteiger partial charge in [-0.2, -0.15) is 0 Å². The lowest BCUT2D eigenvalue weighted by atomic mass is 10.1. The van der Waals surface area contributed by atoms with Gasteiger partial charge in [0, 0.05) is 38.7 Å². The maximum atomic E-state index is 13.0. The second-order valence-corrected chi connectivity index (χ2v) is 7.96. The average molecular weight is 480 g/mol. The second-order valence-electron chi connectivity index (χ2n) is 7.14. The van der Waals surface area contributed by atoms with Crippen LogP contribution in [0.4, 0.5) is 11.4 Å². The molecule has 170 valence electrons. The Hall–Kier alpha value is -2.97. The van der Waals surface area contributed by atoms with Crippen LogP contribution < -0.4 is 15.0 Å². The summed E-state index contributed by atoms with van der Waals surface area (Å²) in [5, 5.41) is 3.25. The Morgan fingerprint density at radius 2 is 1.56 bits per heavy atom. The second kappa shape index (κ2) is 10.1. The minimum Gasteiger partial charge on any atom is -0.494 e. The fraction of sp³-hybridized carbons (Fsp3) is 0.318. The maximum Gasteiger partial charge on any atom is 0.337 e. The van der Waals surface area contributed by atoms with Crippen molar-refractivity contribution in [2.24, 2.45) is 0 Å². The van der Waals surface area contributed by atoms with Crippen molar-refractivity contribution in [3.8, 4) is 5.75 Å². The number of nitrogens with one attached hydrogen (secondary N) is 1. The monoisotopic (exact) mass is 479 g/mol. The summed E-state index contributed by atoms with van der Waals surface area (Å²) in [4.78, 5) is 40.5. The molecule has 10 heteroatoms. The number of benzene rings is 2. The zero-order chi connectivity index (χ0) is 23.4. The van der Waals surface area contributed by atoms with Crippen LogP contribution in [-0.2, 0) is 9.53 Å². The number of hydrogen-bond donors (Lipinski definition) is 1. The van der Waals surface area contributed by atoms with Crippen molar-refractivity contribution in [2.75, 3.05) is 50.6 Å². The van der Waals surface area contributed by atoms with E-state index >= 15 is 0 Å². The molecular weight excluding hydrogens is 457 g/mol. The fourth-order valence-corrected chi connectivity index (χ4v) is 4.14. The van der Waals surface area contributed by atoms with Crippen LogP contribution in [0, 0.1) is 0 Å². The number of anilines is 2. The number of carbonyl (C=O) groups is 3. The van der Waals surface area contributed by atoms with Gasteiger partial charge in [-0.15, -0.1) is 0 Å². The Bertz CT molecular complexity index is 1030. The van der Waals surface area contributed by atoms with Gasteiger partial charge in [0.1, 0.15) is 0 Å². The maximum absolute atomic E-state index is 13.0. The van der Waals surface area contributed by atoms with Gasteiger partial charge in [0.2, 0.25) is 5.91 Å². The number of halogens is 2. The van der Waals surface area contributed by atoms with Gasteiger partial charge in [-0.05, 0) is 30.3 Å². The van der Waals surface area contributed by atoms with E-state index in [2.05, 4.69) is 5.32 Å². The van der Waals surface area contributed by atoms with Crippen molar-refractivity contribution in [1.29, 1.82) is 0 Å². The number of rotatable bonds is 5. The molecule has 8 nitrogen and oxygen atoms in total. The lowest BCUT2D eigenvalue weighted by molar-refractivity contribution is -0.129. The Balaban J connectivity index is 1.92. The number of carbonyl (C=O) groups excluding carboxylic acids is 3. The van der Waals surface area contributed by atoms with Crippen LogP contribution in [0.15, 0.2) is 30.3 Å². The summed E-state index contributed by atoms with van der Waals surface area (Å²) in [6, 6.07) is 7.85. The Labute approximate surface area is 196 Å². The van der Waals surface area contributed by atoms with Crippen LogP contribution in [0.3, 0.4) is 0 Å². The summed E-state index contributed by atoms with van der Waals surface area (Å²) in [6.07, 6.45) is 0. The Morgan fingerprint density at radius 3 is 2.09 bits per heavy atom. The quantitative estimate of drug-likeness (QED) is 0.657. The molecule has 0 aliphatic carbocycles. The molecule has 0 unspecified atom stereocenters. The van der Waals surface area contributed by atoms with Crippen LogP contribution >= 0.6 is 23.2 Å². The molecule has 0 saturated carbocycles. The first-order valence-electron chi connectivity index (χ1n) is 9.82. The van der Waals surface area contributed by atoms with Gasteiger partial charge in [-0.25, -0.2) is 4.79 Å². The van der Waals surface area contributed by atoms with E-state index in [9.17, 15) is 14.4 Å². The Morgan fingerprint density at radius 1 is 0.938 bits per heavy atom. The first-order valence-corrected chi connectivity index (χ1v) is 10.6. The van der Waals surface area contributed by atoms with E-state index in [1.54, 1.807) is 23.1 Å². The van der Waals surface area contributed by atoms with Crippen molar-refractivity contribution in [2.45, 2.75) is 6.92 Å². The van der Waals surface area contributed by atoms with Gasteiger partial charge in [-0.1, -0.05) is 23.2 Å². The molecular formula is C22H23Cl2N3O5. The number of piperazine rings is 1. The largest absolute Gasteiger partial charge is 0.494 e. The number of nitrogens with zero attached hydrogens (tertiary/aromatic N) is 2. The van der Waals surface area contributed by atoms with Gasteiger partial charge < -0.3 is 24.6 Å². The number of amides is 2. The highest BCUT2D eigenvalue weighted by Crippen LogP contribution is 2.35. The lowest BCUT2D eigenvalue weighted by Gasteiger charge is -2.36. The van der Waals surface area contributed by atoms with Crippen LogP contribution in [0.1, 0.15) is 27.6 Å². The standard InChI is InChI=1S/C22H23Cl2N3O5/c1-13(28)26-6-8-27(9-7-26)19-5-4-14(22(30)32-3)12-18(19)25-21(29)15-10-16(23)20(31-2)17(24)11-15/h4-5,10-12H,6-9H2,1-3H3,(H,25,29). The van der Waals surface area contributed by atoms with E-state index in [4.69, 9.17) is 32.7 Å². The molecule has 0 spiro atoms. The average Bonchev–Trinajstić information content (AvgIpc) is 2.78. The predicted molar refractivity (Wildman–Crippen MR) is 123 cm³/mol. The van der Waals surface area contributed by atoms with Crippen molar-refractivity contribution in [3.05, 3.63) is 51.5 Å². The minimum atomic E-state index is -0.524. The van der Waals surface area contributed by atoms with Crippen LogP contribution in [0.25, 0.3) is 0 Å². The van der Waals surface area contributed by atoms with Crippen molar-refractivity contribution >= 4 is 52.4 Å². The molecule has 3 rings (SSSR count). The van der Waals surface area contributed by atoms with E-state index in [-0.39, 0.29) is 27.3 Å². The zero-order valence-electron chi connectivity index (χ0n) is 17.9. The highest BCUT2D eigenvalue weighted by molar-refractivity contribution is 6.37. The summed E-state index contributed by atoms with van der Waals surface area (Å²) in [5.74, 6) is -0.680. The molecule has 0 bridgehead atoms. The molecule has 1 aliphatic heterocycles. The molecule has 1 fully saturated rings. The normalized spacial score (nSPS) is 13.5. The van der Waals surface area contributed by atoms with E-state index in [1.807, 2.05) is 4.90 Å². The van der Waals surface area contributed by atoms with Gasteiger partial charge in [0.05, 0.1) is 41.2 Å². The van der Waals surface area contributed by atoms with Crippen LogP contribution in [0.5, 0.6) is 5.75 Å². The van der Waals surface area contributed by atoms with Gasteiger partial charge in [0.25, 0.3) is 5.91 Å². The molecule has 0 aromatic heterocycles. The Kier molecular flexibility index (Phi) is 7.48. The molecule has 2 amide bonds. The molecule has 1 heterocycles. The van der Waals surface area contributed by atoms with E-state index < -0.39 is 11.9 Å². The molecule has 1 N–H and O–H groups in total. The van der Waals surface area contributed by atoms with Gasteiger partial charge >= 0.3 is 5.97 Å². The molecule has 2 aromatic carbocycles. The molecule has 0 radical (unpaired) electrons.